The monoisotopic (exact) mass is 657 g/mol. The maximum Gasteiger partial charge on any atom is 0.573 e. The molecule has 1 aliphatic rings. The molecule has 1 aliphatic heterocycles. The van der Waals surface area contributed by atoms with Gasteiger partial charge in [0.15, 0.2) is 15.5 Å². The van der Waals surface area contributed by atoms with E-state index in [2.05, 4.69) is 25.0 Å². The third-order valence-corrected chi connectivity index (χ3v) is 9.28. The molecule has 5 rings (SSSR count). The fraction of sp³-hybridized carbons (Fsp3) is 0.385. The van der Waals surface area contributed by atoms with Gasteiger partial charge < -0.3 is 9.26 Å². The number of piperidine rings is 1. The SMILES string of the molecule is Cc1nc(-c2nc(-c3ccc(OC(F)(F)F)cc3)no2)nn1Cc1cccc([N+]2(OS(C)(=O)=O)CCC(S(C)(=O)=O)CC2)c1. The zero-order valence-corrected chi connectivity index (χ0v) is 25.4. The minimum Gasteiger partial charge on any atom is -0.406 e. The first-order valence-corrected chi connectivity index (χ1v) is 17.0. The quantitative estimate of drug-likeness (QED) is 0.242. The fourth-order valence-electron chi connectivity index (χ4n) is 5.00. The third-order valence-electron chi connectivity index (χ3n) is 7.04. The van der Waals surface area contributed by atoms with E-state index in [1.165, 1.54) is 18.4 Å². The third kappa shape index (κ3) is 7.43. The summed E-state index contributed by atoms with van der Waals surface area (Å²) < 4.78 is 102. The highest BCUT2D eigenvalue weighted by atomic mass is 32.2. The zero-order chi connectivity index (χ0) is 31.9. The normalized spacial score (nSPS) is 19.6. The number of benzene rings is 2. The van der Waals surface area contributed by atoms with Crippen molar-refractivity contribution in [3.63, 3.8) is 0 Å². The average Bonchev–Trinajstić information content (AvgIpc) is 3.54. The Balaban J connectivity index is 1.35. The van der Waals surface area contributed by atoms with E-state index in [0.29, 0.717) is 17.1 Å². The van der Waals surface area contributed by atoms with Crippen molar-refractivity contribution in [2.75, 3.05) is 25.6 Å². The molecule has 0 spiro atoms. The van der Waals surface area contributed by atoms with Crippen molar-refractivity contribution in [2.24, 2.45) is 0 Å². The van der Waals surface area contributed by atoms with Crippen LogP contribution in [0.4, 0.5) is 18.9 Å². The molecule has 0 atom stereocenters. The van der Waals surface area contributed by atoms with Crippen LogP contribution in [0.15, 0.2) is 53.1 Å². The number of ether oxygens (including phenoxy) is 1. The molecular weight excluding hydrogens is 629 g/mol. The summed E-state index contributed by atoms with van der Waals surface area (Å²) in [5, 5.41) is 7.75. The molecule has 0 saturated carbocycles. The number of nitrogens with zero attached hydrogens (tertiary/aromatic N) is 6. The fourth-order valence-corrected chi connectivity index (χ4v) is 6.82. The van der Waals surface area contributed by atoms with Crippen LogP contribution in [-0.2, 0) is 30.8 Å². The maximum absolute atomic E-state index is 12.4. The van der Waals surface area contributed by atoms with Gasteiger partial charge >= 0.3 is 16.5 Å². The number of alkyl halides is 3. The number of halogens is 3. The maximum atomic E-state index is 12.4. The Labute approximate surface area is 250 Å². The van der Waals surface area contributed by atoms with Gasteiger partial charge in [-0.2, -0.15) is 13.4 Å². The molecule has 3 heterocycles. The molecule has 4 aromatic rings. The largest absolute Gasteiger partial charge is 0.573 e. The number of rotatable bonds is 9. The molecule has 2 aromatic carbocycles. The molecule has 0 aliphatic carbocycles. The van der Waals surface area contributed by atoms with E-state index < -0.39 is 31.6 Å². The van der Waals surface area contributed by atoms with Crippen molar-refractivity contribution in [1.82, 2.24) is 29.6 Å². The van der Waals surface area contributed by atoms with Gasteiger partial charge in [0, 0.05) is 36.8 Å². The van der Waals surface area contributed by atoms with Crippen LogP contribution in [0.1, 0.15) is 24.2 Å². The molecular formula is C26H28F3N6O7S2+. The second-order valence-corrected chi connectivity index (χ2v) is 14.3. The Bertz CT molecular complexity index is 1870. The van der Waals surface area contributed by atoms with Crippen LogP contribution < -0.4 is 9.38 Å². The summed E-state index contributed by atoms with van der Waals surface area (Å²) in [5.74, 6) is 0.343. The molecule has 0 amide bonds. The standard InChI is InChI=1S/C26H28F3N6O7S2/c1-17-30-24(25-31-23(33-41-25)19-7-9-21(10-8-19)40-26(27,28)29)32-34(17)16-18-5-4-6-20(15-18)35(42-44(3,38)39)13-11-22(12-14-35)43(2,36)37/h4-10,15,22H,11-14,16H2,1-3H3/q+1. The number of hydroxylamine groups is 2. The Kier molecular flexibility index (Phi) is 8.29. The molecule has 1 saturated heterocycles. The number of hydrogen-bond acceptors (Lipinski definition) is 11. The highest BCUT2D eigenvalue weighted by molar-refractivity contribution is 7.91. The van der Waals surface area contributed by atoms with E-state index in [4.69, 9.17) is 8.81 Å². The topological polar surface area (TPSA) is 156 Å². The minimum absolute atomic E-state index is 0.00831. The van der Waals surface area contributed by atoms with Crippen molar-refractivity contribution < 1.29 is 43.6 Å². The Morgan fingerprint density at radius 1 is 1.00 bits per heavy atom. The van der Waals surface area contributed by atoms with E-state index in [-0.39, 0.29) is 60.4 Å². The average molecular weight is 658 g/mol. The number of sulfone groups is 1. The number of aryl methyl sites for hydroxylation is 1. The smallest absolute Gasteiger partial charge is 0.406 e. The van der Waals surface area contributed by atoms with Crippen molar-refractivity contribution >= 4 is 25.6 Å². The van der Waals surface area contributed by atoms with Gasteiger partial charge in [-0.25, -0.2) is 18.1 Å². The Morgan fingerprint density at radius 3 is 2.30 bits per heavy atom. The number of quaternary nitrogens is 1. The second-order valence-electron chi connectivity index (χ2n) is 10.4. The van der Waals surface area contributed by atoms with E-state index in [9.17, 15) is 30.0 Å². The van der Waals surface area contributed by atoms with Crippen LogP contribution in [0.5, 0.6) is 5.75 Å². The van der Waals surface area contributed by atoms with Gasteiger partial charge in [0.2, 0.25) is 11.6 Å². The van der Waals surface area contributed by atoms with Crippen molar-refractivity contribution in [3.05, 3.63) is 59.9 Å². The van der Waals surface area contributed by atoms with Crippen LogP contribution in [0.25, 0.3) is 23.1 Å². The van der Waals surface area contributed by atoms with Crippen molar-refractivity contribution in [2.45, 2.75) is 37.9 Å². The molecule has 236 valence electrons. The first-order valence-electron chi connectivity index (χ1n) is 13.2. The first kappa shape index (κ1) is 31.6. The summed E-state index contributed by atoms with van der Waals surface area (Å²) in [7, 11) is -7.19. The number of hydrogen-bond donors (Lipinski definition) is 0. The zero-order valence-electron chi connectivity index (χ0n) is 23.7. The van der Waals surface area contributed by atoms with E-state index >= 15 is 0 Å². The second kappa shape index (κ2) is 11.6. The molecule has 18 heteroatoms. The minimum atomic E-state index is -4.81. The summed E-state index contributed by atoms with van der Waals surface area (Å²) in [6.07, 6.45) is -2.20. The summed E-state index contributed by atoms with van der Waals surface area (Å²) in [6.45, 7) is 2.25. The van der Waals surface area contributed by atoms with Gasteiger partial charge in [-0.3, -0.25) is 0 Å². The molecule has 0 bridgehead atoms. The summed E-state index contributed by atoms with van der Waals surface area (Å²) in [4.78, 5) is 8.65. The summed E-state index contributed by atoms with van der Waals surface area (Å²) in [5.41, 5.74) is 1.68. The molecule has 44 heavy (non-hydrogen) atoms. The van der Waals surface area contributed by atoms with Crippen LogP contribution >= 0.6 is 0 Å². The van der Waals surface area contributed by atoms with Gasteiger partial charge in [-0.1, -0.05) is 21.6 Å². The van der Waals surface area contributed by atoms with E-state index in [1.54, 1.807) is 29.8 Å². The lowest BCUT2D eigenvalue weighted by atomic mass is 10.1. The predicted molar refractivity (Wildman–Crippen MR) is 151 cm³/mol. The van der Waals surface area contributed by atoms with Crippen LogP contribution in [0.2, 0.25) is 0 Å². The van der Waals surface area contributed by atoms with Gasteiger partial charge in [0.05, 0.1) is 18.1 Å². The van der Waals surface area contributed by atoms with Crippen molar-refractivity contribution in [3.8, 4) is 28.9 Å². The Hall–Kier alpha value is -3.87. The molecule has 0 unspecified atom stereocenters. The highest BCUT2D eigenvalue weighted by Gasteiger charge is 2.44. The summed E-state index contributed by atoms with van der Waals surface area (Å²) in [6, 6.07) is 12.1. The summed E-state index contributed by atoms with van der Waals surface area (Å²) >= 11 is 0. The lowest BCUT2D eigenvalue weighted by Gasteiger charge is -2.38. The van der Waals surface area contributed by atoms with Crippen LogP contribution in [-0.4, -0.2) is 79.0 Å². The highest BCUT2D eigenvalue weighted by Crippen LogP contribution is 2.33. The van der Waals surface area contributed by atoms with E-state index in [1.807, 2.05) is 6.07 Å². The first-order chi connectivity index (χ1) is 20.5. The predicted octanol–water partition coefficient (Wildman–Crippen LogP) is 3.66. The van der Waals surface area contributed by atoms with Crippen LogP contribution in [0, 0.1) is 6.92 Å². The molecule has 2 aromatic heterocycles. The van der Waals surface area contributed by atoms with Gasteiger partial charge in [-0.15, -0.1) is 22.9 Å². The van der Waals surface area contributed by atoms with Gasteiger partial charge in [0.1, 0.15) is 24.7 Å². The number of aromatic nitrogens is 5. The lowest BCUT2D eigenvalue weighted by molar-refractivity contribution is -0.274. The molecule has 0 radical (unpaired) electrons. The van der Waals surface area contributed by atoms with Gasteiger partial charge in [0.25, 0.3) is 5.89 Å². The Morgan fingerprint density at radius 2 is 1.68 bits per heavy atom. The molecule has 0 N–H and O–H groups in total. The molecule has 13 nitrogen and oxygen atoms in total. The molecule has 1 fully saturated rings. The lowest BCUT2D eigenvalue weighted by Crippen LogP contribution is -2.56. The van der Waals surface area contributed by atoms with Crippen LogP contribution in [0.3, 0.4) is 0 Å². The van der Waals surface area contributed by atoms with Crippen molar-refractivity contribution in [1.29, 1.82) is 0 Å². The van der Waals surface area contributed by atoms with E-state index in [0.717, 1.165) is 24.0 Å². The van der Waals surface area contributed by atoms with Gasteiger partial charge in [-0.05, 0) is 36.8 Å².